The van der Waals surface area contributed by atoms with Gasteiger partial charge in [-0.1, -0.05) is 0 Å². The number of aliphatic hydroxyl groups excluding tert-OH is 3. The number of aromatic amines is 1. The van der Waals surface area contributed by atoms with E-state index in [1.54, 1.807) is 13.8 Å². The second kappa shape index (κ2) is 5.11. The maximum atomic E-state index is 12.7. The summed E-state index contributed by atoms with van der Waals surface area (Å²) < 4.78 is 8.36. The zero-order chi connectivity index (χ0) is 17.2. The summed E-state index contributed by atoms with van der Waals surface area (Å²) >= 11 is 0. The third-order valence-corrected chi connectivity index (χ3v) is 4.57. The first-order valence-corrected chi connectivity index (χ1v) is 7.51. The van der Waals surface area contributed by atoms with Crippen LogP contribution in [0.15, 0.2) is 11.1 Å². The average Bonchev–Trinajstić information content (AvgIpc) is 3.18. The number of nitrogens with zero attached hydrogens (tertiary/aromatic N) is 4. The Morgan fingerprint density at radius 2 is 2.08 bits per heavy atom. The fraction of sp³-hybridized carbons (Fsp3) is 0.500. The second-order valence-electron chi connectivity index (χ2n) is 5.95. The predicted molar refractivity (Wildman–Crippen MR) is 81.6 cm³/mol. The van der Waals surface area contributed by atoms with Crippen LogP contribution in [0, 0.1) is 13.8 Å². The highest BCUT2D eigenvalue weighted by molar-refractivity contribution is 5.72. The van der Waals surface area contributed by atoms with Gasteiger partial charge in [-0.05, 0) is 13.8 Å². The van der Waals surface area contributed by atoms with Gasteiger partial charge in [0.2, 0.25) is 5.78 Å². The van der Waals surface area contributed by atoms with Gasteiger partial charge in [-0.2, -0.15) is 0 Å². The molecule has 0 spiro atoms. The molecule has 0 aliphatic carbocycles. The zero-order valence-corrected chi connectivity index (χ0v) is 13.0. The molecule has 3 aromatic rings. The van der Waals surface area contributed by atoms with Crippen LogP contribution in [0.3, 0.4) is 0 Å². The van der Waals surface area contributed by atoms with Crippen LogP contribution in [-0.2, 0) is 4.74 Å². The molecule has 4 rings (SSSR count). The van der Waals surface area contributed by atoms with Crippen molar-refractivity contribution in [3.8, 4) is 0 Å². The van der Waals surface area contributed by atoms with Gasteiger partial charge in [0.1, 0.15) is 24.0 Å². The van der Waals surface area contributed by atoms with Crippen molar-refractivity contribution in [2.45, 2.75) is 38.4 Å². The van der Waals surface area contributed by atoms with Crippen molar-refractivity contribution < 1.29 is 20.1 Å². The average molecular weight is 335 g/mol. The zero-order valence-electron chi connectivity index (χ0n) is 13.0. The Hall–Kier alpha value is -2.27. The van der Waals surface area contributed by atoms with E-state index in [0.717, 1.165) is 11.4 Å². The molecule has 0 saturated carbocycles. The van der Waals surface area contributed by atoms with Crippen molar-refractivity contribution in [1.29, 1.82) is 0 Å². The van der Waals surface area contributed by atoms with Crippen molar-refractivity contribution in [3.05, 3.63) is 28.1 Å². The van der Waals surface area contributed by atoms with E-state index in [1.807, 2.05) is 0 Å². The summed E-state index contributed by atoms with van der Waals surface area (Å²) in [4.78, 5) is 24.1. The molecule has 10 heteroatoms. The van der Waals surface area contributed by atoms with Gasteiger partial charge >= 0.3 is 0 Å². The van der Waals surface area contributed by atoms with Crippen molar-refractivity contribution in [1.82, 2.24) is 23.9 Å². The highest BCUT2D eigenvalue weighted by Crippen LogP contribution is 2.30. The van der Waals surface area contributed by atoms with E-state index in [9.17, 15) is 20.1 Å². The highest BCUT2D eigenvalue weighted by Gasteiger charge is 2.44. The standard InChI is InChI=1S/C14H17N5O5/c1-5-6(2)19-12(23)8-11(17-14(19)16-5)18(4-15-8)13-10(22)9(21)7(3-20)24-13/h4,7,9-10,13,20-22H,3H2,1-2H3,(H,16,17)/t7-,9+,10?,13-/m1/s1. The van der Waals surface area contributed by atoms with E-state index in [-0.39, 0.29) is 11.1 Å². The summed E-state index contributed by atoms with van der Waals surface area (Å²) in [6.07, 6.45) is -3.03. The Kier molecular flexibility index (Phi) is 3.25. The van der Waals surface area contributed by atoms with Gasteiger partial charge in [0.25, 0.3) is 5.56 Å². The molecule has 0 aromatic carbocycles. The van der Waals surface area contributed by atoms with E-state index in [1.165, 1.54) is 15.3 Å². The summed E-state index contributed by atoms with van der Waals surface area (Å²) in [6.45, 7) is 3.16. The fourth-order valence-corrected chi connectivity index (χ4v) is 3.10. The van der Waals surface area contributed by atoms with Crippen LogP contribution in [0.1, 0.15) is 17.6 Å². The smallest absolute Gasteiger partial charge is 0.287 e. The lowest BCUT2D eigenvalue weighted by atomic mass is 10.1. The molecule has 4 heterocycles. The molecule has 0 amide bonds. The molecule has 0 radical (unpaired) electrons. The van der Waals surface area contributed by atoms with Gasteiger partial charge in [0, 0.05) is 5.69 Å². The summed E-state index contributed by atoms with van der Waals surface area (Å²) in [5.41, 5.74) is 1.60. The van der Waals surface area contributed by atoms with Crippen molar-refractivity contribution in [2.75, 3.05) is 6.61 Å². The number of fused-ring (bicyclic) bond motifs is 2. The van der Waals surface area contributed by atoms with Crippen LogP contribution < -0.4 is 5.56 Å². The van der Waals surface area contributed by atoms with Gasteiger partial charge in [-0.25, -0.2) is 14.4 Å². The molecular weight excluding hydrogens is 318 g/mol. The minimum atomic E-state index is -1.26. The predicted octanol–water partition coefficient (Wildman–Crippen LogP) is -1.40. The minimum absolute atomic E-state index is 0.167. The van der Waals surface area contributed by atoms with Crippen LogP contribution in [0.2, 0.25) is 0 Å². The highest BCUT2D eigenvalue weighted by atomic mass is 16.6. The number of imidazole rings is 2. The van der Waals surface area contributed by atoms with Gasteiger partial charge < -0.3 is 25.0 Å². The monoisotopic (exact) mass is 335 g/mol. The van der Waals surface area contributed by atoms with Gasteiger partial charge in [-0.3, -0.25) is 9.36 Å². The number of hydrogen-bond donors (Lipinski definition) is 4. The Balaban J connectivity index is 1.92. The van der Waals surface area contributed by atoms with E-state index in [2.05, 4.69) is 15.0 Å². The van der Waals surface area contributed by atoms with Crippen LogP contribution >= 0.6 is 0 Å². The number of H-pyrrole nitrogens is 1. The maximum absolute atomic E-state index is 12.7. The normalized spacial score (nSPS) is 27.5. The number of hydrogen-bond acceptors (Lipinski definition) is 7. The van der Waals surface area contributed by atoms with E-state index >= 15 is 0 Å². The first-order chi connectivity index (χ1) is 11.4. The summed E-state index contributed by atoms with van der Waals surface area (Å²) in [6, 6.07) is 0. The number of aryl methyl sites for hydroxylation is 2. The number of nitrogens with one attached hydrogen (secondary N) is 1. The SMILES string of the molecule is Cc1nc2[nH]c3c(ncn3[C@@H]3O[C@H](CO)[C@H](O)C3O)c(=O)n2c1C. The molecule has 1 saturated heterocycles. The van der Waals surface area contributed by atoms with Crippen LogP contribution in [0.5, 0.6) is 0 Å². The van der Waals surface area contributed by atoms with Gasteiger partial charge in [-0.15, -0.1) is 0 Å². The van der Waals surface area contributed by atoms with E-state index in [4.69, 9.17) is 4.74 Å². The lowest BCUT2D eigenvalue weighted by Gasteiger charge is -2.16. The van der Waals surface area contributed by atoms with Crippen LogP contribution in [-0.4, -0.2) is 64.2 Å². The summed E-state index contributed by atoms with van der Waals surface area (Å²) in [5.74, 6) is 0.357. The number of ether oxygens (including phenoxy) is 1. The Bertz CT molecular complexity index is 989. The summed E-state index contributed by atoms with van der Waals surface area (Å²) in [5, 5.41) is 29.3. The minimum Gasteiger partial charge on any atom is -0.394 e. The molecule has 1 unspecified atom stereocenters. The first kappa shape index (κ1) is 15.3. The first-order valence-electron chi connectivity index (χ1n) is 7.51. The number of aromatic nitrogens is 5. The van der Waals surface area contributed by atoms with Gasteiger partial charge in [0.05, 0.1) is 18.6 Å². The molecule has 3 aromatic heterocycles. The molecule has 4 N–H and O–H groups in total. The molecule has 1 aliphatic heterocycles. The van der Waals surface area contributed by atoms with Crippen LogP contribution in [0.4, 0.5) is 0 Å². The molecule has 4 atom stereocenters. The van der Waals surface area contributed by atoms with Crippen molar-refractivity contribution in [3.63, 3.8) is 0 Å². The largest absolute Gasteiger partial charge is 0.394 e. The van der Waals surface area contributed by atoms with Crippen LogP contribution in [0.25, 0.3) is 16.9 Å². The lowest BCUT2D eigenvalue weighted by Crippen LogP contribution is -2.33. The third-order valence-electron chi connectivity index (χ3n) is 4.57. The Morgan fingerprint density at radius 3 is 2.75 bits per heavy atom. The summed E-state index contributed by atoms with van der Waals surface area (Å²) in [7, 11) is 0. The van der Waals surface area contributed by atoms with Gasteiger partial charge in [0.15, 0.2) is 11.7 Å². The molecule has 24 heavy (non-hydrogen) atoms. The maximum Gasteiger partial charge on any atom is 0.287 e. The quantitative estimate of drug-likeness (QED) is 0.452. The molecule has 1 aliphatic rings. The van der Waals surface area contributed by atoms with Crippen molar-refractivity contribution in [2.24, 2.45) is 0 Å². The van der Waals surface area contributed by atoms with E-state index in [0.29, 0.717) is 11.4 Å². The topological polar surface area (TPSA) is 138 Å². The number of rotatable bonds is 2. The molecule has 10 nitrogen and oxygen atoms in total. The number of aliphatic hydroxyl groups is 3. The van der Waals surface area contributed by atoms with E-state index < -0.39 is 31.1 Å². The third kappa shape index (κ3) is 1.88. The Labute approximate surface area is 135 Å². The molecule has 0 bridgehead atoms. The molecular formula is C14H17N5O5. The molecule has 128 valence electrons. The molecule has 1 fully saturated rings. The Morgan fingerprint density at radius 1 is 1.33 bits per heavy atom. The fourth-order valence-electron chi connectivity index (χ4n) is 3.10. The second-order valence-corrected chi connectivity index (χ2v) is 5.95. The van der Waals surface area contributed by atoms with Crippen molar-refractivity contribution >= 4 is 16.9 Å². The lowest BCUT2D eigenvalue weighted by molar-refractivity contribution is -0.0511.